The Balaban J connectivity index is 2.12. The number of pyridine rings is 1. The van der Waals surface area contributed by atoms with Crippen molar-refractivity contribution < 1.29 is 14.6 Å². The van der Waals surface area contributed by atoms with Crippen molar-refractivity contribution in [3.63, 3.8) is 0 Å². The Morgan fingerprint density at radius 3 is 2.45 bits per heavy atom. The molecule has 0 aliphatic carbocycles. The summed E-state index contributed by atoms with van der Waals surface area (Å²) in [6, 6.07) is 14.3. The molecule has 0 aliphatic rings. The summed E-state index contributed by atoms with van der Waals surface area (Å²) >= 11 is 0. The Kier molecular flexibility index (Phi) is 4.78. The van der Waals surface area contributed by atoms with Crippen molar-refractivity contribution in [1.82, 2.24) is 4.98 Å². The number of carbonyl (C=O) groups is 1. The molecule has 5 heteroatoms. The number of nitrogens with zero attached hydrogens (tertiary/aromatic N) is 1. The fourth-order valence-electron chi connectivity index (χ4n) is 1.89. The molecule has 1 amide bonds. The number of aliphatic hydroxyl groups is 1. The summed E-state index contributed by atoms with van der Waals surface area (Å²) in [5, 5.41) is 12.9. The highest BCUT2D eigenvalue weighted by atomic mass is 16.6. The molecule has 1 aromatic carbocycles. The SMILES string of the molecule is CC(C)(C)OC(=O)Nc1cccc([C@@H](O)c2ccccc2)n1. The predicted molar refractivity (Wildman–Crippen MR) is 84.6 cm³/mol. The molecule has 22 heavy (non-hydrogen) atoms. The van der Waals surface area contributed by atoms with E-state index < -0.39 is 17.8 Å². The highest BCUT2D eigenvalue weighted by Crippen LogP contribution is 2.21. The minimum atomic E-state index is -0.846. The van der Waals surface area contributed by atoms with Gasteiger partial charge in [0, 0.05) is 0 Å². The number of ether oxygens (including phenoxy) is 1. The summed E-state index contributed by atoms with van der Waals surface area (Å²) in [5.41, 5.74) is 0.620. The number of anilines is 1. The fraction of sp³-hybridized carbons (Fsp3) is 0.294. The molecule has 2 aromatic rings. The number of benzene rings is 1. The third-order valence-electron chi connectivity index (χ3n) is 2.80. The number of hydrogen-bond acceptors (Lipinski definition) is 4. The first-order valence-corrected chi connectivity index (χ1v) is 7.05. The molecular formula is C17H20N2O3. The van der Waals surface area contributed by atoms with Gasteiger partial charge < -0.3 is 9.84 Å². The van der Waals surface area contributed by atoms with Crippen LogP contribution in [0.15, 0.2) is 48.5 Å². The Morgan fingerprint density at radius 2 is 1.82 bits per heavy atom. The molecule has 0 bridgehead atoms. The second-order valence-corrected chi connectivity index (χ2v) is 5.89. The monoisotopic (exact) mass is 300 g/mol. The topological polar surface area (TPSA) is 71.5 Å². The molecule has 0 radical (unpaired) electrons. The average Bonchev–Trinajstić information content (AvgIpc) is 2.45. The van der Waals surface area contributed by atoms with Crippen LogP contribution in [-0.2, 0) is 4.74 Å². The first-order chi connectivity index (χ1) is 10.3. The van der Waals surface area contributed by atoms with Gasteiger partial charge in [0.15, 0.2) is 0 Å². The molecule has 1 aromatic heterocycles. The van der Waals surface area contributed by atoms with Gasteiger partial charge in [0.25, 0.3) is 0 Å². The number of aliphatic hydroxyl groups excluding tert-OH is 1. The molecule has 0 saturated carbocycles. The van der Waals surface area contributed by atoms with E-state index in [0.29, 0.717) is 11.5 Å². The summed E-state index contributed by atoms with van der Waals surface area (Å²) in [7, 11) is 0. The Bertz CT molecular complexity index is 636. The highest BCUT2D eigenvalue weighted by molar-refractivity contribution is 5.83. The van der Waals surface area contributed by atoms with E-state index in [1.165, 1.54) is 0 Å². The minimum absolute atomic E-state index is 0.335. The van der Waals surface area contributed by atoms with Crippen LogP contribution in [0, 0.1) is 0 Å². The van der Waals surface area contributed by atoms with E-state index >= 15 is 0 Å². The van der Waals surface area contributed by atoms with E-state index in [0.717, 1.165) is 5.56 Å². The van der Waals surface area contributed by atoms with Gasteiger partial charge in [-0.25, -0.2) is 9.78 Å². The van der Waals surface area contributed by atoms with Crippen LogP contribution in [0.2, 0.25) is 0 Å². The molecule has 0 spiro atoms. The molecule has 1 heterocycles. The van der Waals surface area contributed by atoms with Crippen LogP contribution in [-0.4, -0.2) is 21.8 Å². The summed E-state index contributed by atoms with van der Waals surface area (Å²) in [4.78, 5) is 16.0. The lowest BCUT2D eigenvalue weighted by molar-refractivity contribution is 0.0635. The summed E-state index contributed by atoms with van der Waals surface area (Å²) < 4.78 is 5.17. The number of aromatic nitrogens is 1. The largest absolute Gasteiger partial charge is 0.444 e. The number of amides is 1. The van der Waals surface area contributed by atoms with E-state index in [4.69, 9.17) is 4.74 Å². The van der Waals surface area contributed by atoms with Gasteiger partial charge in [0.05, 0.1) is 5.69 Å². The summed E-state index contributed by atoms with van der Waals surface area (Å²) in [5.74, 6) is 0.335. The van der Waals surface area contributed by atoms with Crippen molar-refractivity contribution in [2.75, 3.05) is 5.32 Å². The van der Waals surface area contributed by atoms with E-state index in [-0.39, 0.29) is 0 Å². The van der Waals surface area contributed by atoms with Crippen molar-refractivity contribution in [2.24, 2.45) is 0 Å². The van der Waals surface area contributed by atoms with Gasteiger partial charge in [-0.3, -0.25) is 5.32 Å². The second kappa shape index (κ2) is 6.58. The van der Waals surface area contributed by atoms with E-state index in [9.17, 15) is 9.90 Å². The lowest BCUT2D eigenvalue weighted by Crippen LogP contribution is -2.27. The van der Waals surface area contributed by atoms with Crippen LogP contribution in [0.25, 0.3) is 0 Å². The van der Waals surface area contributed by atoms with Gasteiger partial charge in [-0.05, 0) is 38.5 Å². The Labute approximate surface area is 130 Å². The van der Waals surface area contributed by atoms with Crippen molar-refractivity contribution in [1.29, 1.82) is 0 Å². The van der Waals surface area contributed by atoms with Crippen LogP contribution in [0.5, 0.6) is 0 Å². The smallest absolute Gasteiger partial charge is 0.413 e. The second-order valence-electron chi connectivity index (χ2n) is 5.89. The van der Waals surface area contributed by atoms with Gasteiger partial charge in [0.2, 0.25) is 0 Å². The third kappa shape index (κ3) is 4.56. The maximum Gasteiger partial charge on any atom is 0.413 e. The molecule has 5 nitrogen and oxygen atoms in total. The van der Waals surface area contributed by atoms with Crippen molar-refractivity contribution in [2.45, 2.75) is 32.5 Å². The lowest BCUT2D eigenvalue weighted by Gasteiger charge is -2.19. The van der Waals surface area contributed by atoms with E-state index in [2.05, 4.69) is 10.3 Å². The van der Waals surface area contributed by atoms with Crippen molar-refractivity contribution in [3.05, 3.63) is 59.8 Å². The normalized spacial score (nSPS) is 12.5. The number of hydrogen-bond donors (Lipinski definition) is 2. The van der Waals surface area contributed by atoms with Gasteiger partial charge >= 0.3 is 6.09 Å². The molecule has 2 rings (SSSR count). The molecule has 0 fully saturated rings. The first-order valence-electron chi connectivity index (χ1n) is 7.05. The zero-order valence-corrected chi connectivity index (χ0v) is 12.9. The number of nitrogens with one attached hydrogen (secondary N) is 1. The van der Waals surface area contributed by atoms with Gasteiger partial charge in [0.1, 0.15) is 17.5 Å². The quantitative estimate of drug-likeness (QED) is 0.910. The molecule has 0 aliphatic heterocycles. The van der Waals surface area contributed by atoms with E-state index in [1.807, 2.05) is 30.3 Å². The predicted octanol–water partition coefficient (Wildman–Crippen LogP) is 3.51. The maximum absolute atomic E-state index is 11.7. The minimum Gasteiger partial charge on any atom is -0.444 e. The highest BCUT2D eigenvalue weighted by Gasteiger charge is 2.17. The number of rotatable bonds is 3. The van der Waals surface area contributed by atoms with Crippen molar-refractivity contribution in [3.8, 4) is 0 Å². The fourth-order valence-corrected chi connectivity index (χ4v) is 1.89. The maximum atomic E-state index is 11.7. The first kappa shape index (κ1) is 16.0. The molecule has 1 atom stereocenters. The van der Waals surface area contributed by atoms with Crippen molar-refractivity contribution >= 4 is 11.9 Å². The van der Waals surface area contributed by atoms with Crippen LogP contribution < -0.4 is 5.32 Å². The zero-order chi connectivity index (χ0) is 16.2. The summed E-state index contributed by atoms with van der Waals surface area (Å²) in [6.45, 7) is 5.36. The molecule has 0 unspecified atom stereocenters. The van der Waals surface area contributed by atoms with Crippen LogP contribution in [0.4, 0.5) is 10.6 Å². The number of carbonyl (C=O) groups excluding carboxylic acids is 1. The van der Waals surface area contributed by atoms with Crippen LogP contribution in [0.1, 0.15) is 38.1 Å². The lowest BCUT2D eigenvalue weighted by atomic mass is 10.1. The van der Waals surface area contributed by atoms with Gasteiger partial charge in [-0.1, -0.05) is 36.4 Å². The van der Waals surface area contributed by atoms with E-state index in [1.54, 1.807) is 39.0 Å². The Hall–Kier alpha value is -2.40. The summed E-state index contributed by atoms with van der Waals surface area (Å²) in [6.07, 6.45) is -1.42. The third-order valence-corrected chi connectivity index (χ3v) is 2.80. The molecule has 116 valence electrons. The van der Waals surface area contributed by atoms with Crippen LogP contribution in [0.3, 0.4) is 0 Å². The molecular weight excluding hydrogens is 280 g/mol. The standard InChI is InChI=1S/C17H20N2O3/c1-17(2,3)22-16(21)19-14-11-7-10-13(18-14)15(20)12-8-5-4-6-9-12/h4-11,15,20H,1-3H3,(H,18,19,21)/t15-/m0/s1. The molecule has 2 N–H and O–H groups in total. The van der Waals surface area contributed by atoms with Gasteiger partial charge in [-0.15, -0.1) is 0 Å². The molecule has 0 saturated heterocycles. The zero-order valence-electron chi connectivity index (χ0n) is 12.9. The Morgan fingerprint density at radius 1 is 1.14 bits per heavy atom. The van der Waals surface area contributed by atoms with Gasteiger partial charge in [-0.2, -0.15) is 0 Å². The van der Waals surface area contributed by atoms with Crippen LogP contribution >= 0.6 is 0 Å². The average molecular weight is 300 g/mol.